The van der Waals surface area contributed by atoms with Gasteiger partial charge in [-0.1, -0.05) is 36.4 Å². The molecule has 1 saturated heterocycles. The predicted molar refractivity (Wildman–Crippen MR) is 125 cm³/mol. The average Bonchev–Trinajstić information content (AvgIpc) is 3.21. The zero-order chi connectivity index (χ0) is 18.2. The van der Waals surface area contributed by atoms with Gasteiger partial charge in [0.05, 0.1) is 6.10 Å². The van der Waals surface area contributed by atoms with Gasteiger partial charge in [0.15, 0.2) is 5.96 Å². The van der Waals surface area contributed by atoms with Crippen molar-refractivity contribution in [2.75, 3.05) is 33.8 Å². The lowest BCUT2D eigenvalue weighted by Gasteiger charge is -2.33. The lowest BCUT2D eigenvalue weighted by atomic mass is 9.89. The van der Waals surface area contributed by atoms with Crippen LogP contribution < -0.4 is 5.32 Å². The first-order valence-corrected chi connectivity index (χ1v) is 10.3. The zero-order valence-electron chi connectivity index (χ0n) is 16.1. The van der Waals surface area contributed by atoms with Crippen LogP contribution in [0, 0.1) is 5.92 Å². The van der Waals surface area contributed by atoms with Crippen molar-refractivity contribution in [1.82, 2.24) is 10.2 Å². The zero-order valence-corrected chi connectivity index (χ0v) is 19.3. The largest absolute Gasteiger partial charge is 0.373 e. The van der Waals surface area contributed by atoms with Gasteiger partial charge in [-0.3, -0.25) is 4.99 Å². The van der Waals surface area contributed by atoms with E-state index in [1.165, 1.54) is 16.9 Å². The van der Waals surface area contributed by atoms with Crippen LogP contribution in [0.15, 0.2) is 52.8 Å². The highest BCUT2D eigenvalue weighted by atomic mass is 127. The fraction of sp³-hybridized carbons (Fsp3) is 0.476. The van der Waals surface area contributed by atoms with Crippen LogP contribution in [0.25, 0.3) is 0 Å². The SMILES string of the molecule is CN=C(NCC1CCCOC1c1ccccc1)N(C)CCc1cccs1.I. The van der Waals surface area contributed by atoms with Crippen molar-refractivity contribution < 1.29 is 4.74 Å². The molecule has 1 aliphatic heterocycles. The Morgan fingerprint density at radius 2 is 2.07 bits per heavy atom. The Labute approximate surface area is 184 Å². The molecule has 4 nitrogen and oxygen atoms in total. The number of nitrogens with zero attached hydrogens (tertiary/aromatic N) is 2. The molecule has 0 bridgehead atoms. The minimum Gasteiger partial charge on any atom is -0.373 e. The van der Waals surface area contributed by atoms with Crippen LogP contribution in [0.1, 0.15) is 29.4 Å². The molecule has 2 unspecified atom stereocenters. The molecule has 2 heterocycles. The van der Waals surface area contributed by atoms with E-state index in [1.807, 2.05) is 18.4 Å². The fourth-order valence-corrected chi connectivity index (χ4v) is 4.21. The molecule has 2 atom stereocenters. The van der Waals surface area contributed by atoms with E-state index in [-0.39, 0.29) is 30.1 Å². The molecule has 148 valence electrons. The Balaban J connectivity index is 0.00000261. The minimum atomic E-state index is 0. The highest BCUT2D eigenvalue weighted by molar-refractivity contribution is 14.0. The first-order valence-electron chi connectivity index (χ1n) is 9.38. The Morgan fingerprint density at radius 3 is 2.78 bits per heavy atom. The average molecular weight is 499 g/mol. The lowest BCUT2D eigenvalue weighted by Crippen LogP contribution is -2.43. The van der Waals surface area contributed by atoms with Crippen LogP contribution in [0.3, 0.4) is 0 Å². The number of guanidine groups is 1. The standard InChI is InChI=1S/C21H29N3OS.HI/c1-22-21(24(2)13-12-19-11-7-15-26-19)23-16-18-10-6-14-25-20(18)17-8-4-3-5-9-17;/h3-5,7-9,11,15,18,20H,6,10,12-14,16H2,1-2H3,(H,22,23);1H. The number of aliphatic imine (C=N–C) groups is 1. The van der Waals surface area contributed by atoms with E-state index in [2.05, 4.69) is 70.1 Å². The Bertz CT molecular complexity index is 678. The smallest absolute Gasteiger partial charge is 0.193 e. The topological polar surface area (TPSA) is 36.9 Å². The number of hydrogen-bond donors (Lipinski definition) is 1. The van der Waals surface area contributed by atoms with Gasteiger partial charge in [-0.05, 0) is 36.3 Å². The molecule has 0 radical (unpaired) electrons. The molecule has 2 aromatic rings. The number of rotatable bonds is 6. The molecule has 1 aliphatic rings. The van der Waals surface area contributed by atoms with Gasteiger partial charge in [0.1, 0.15) is 0 Å². The maximum atomic E-state index is 6.11. The molecule has 6 heteroatoms. The highest BCUT2D eigenvalue weighted by Gasteiger charge is 2.27. The van der Waals surface area contributed by atoms with Gasteiger partial charge in [-0.25, -0.2) is 0 Å². The van der Waals surface area contributed by atoms with Crippen molar-refractivity contribution in [3.63, 3.8) is 0 Å². The first kappa shape index (κ1) is 22.2. The van der Waals surface area contributed by atoms with Crippen LogP contribution in [-0.2, 0) is 11.2 Å². The van der Waals surface area contributed by atoms with Gasteiger partial charge in [-0.2, -0.15) is 0 Å². The monoisotopic (exact) mass is 499 g/mol. The van der Waals surface area contributed by atoms with Crippen LogP contribution in [0.5, 0.6) is 0 Å². The Hall–Kier alpha value is -1.12. The summed E-state index contributed by atoms with van der Waals surface area (Å²) in [6.45, 7) is 2.70. The Morgan fingerprint density at radius 1 is 1.26 bits per heavy atom. The van der Waals surface area contributed by atoms with E-state index in [4.69, 9.17) is 4.74 Å². The highest BCUT2D eigenvalue weighted by Crippen LogP contribution is 2.33. The second kappa shape index (κ2) is 11.7. The number of ether oxygens (including phenoxy) is 1. The second-order valence-electron chi connectivity index (χ2n) is 6.78. The van der Waals surface area contributed by atoms with Crippen LogP contribution in [0.2, 0.25) is 0 Å². The normalized spacial score (nSPS) is 20.0. The predicted octanol–water partition coefficient (Wildman–Crippen LogP) is 4.58. The Kier molecular flexibility index (Phi) is 9.58. The van der Waals surface area contributed by atoms with Gasteiger partial charge >= 0.3 is 0 Å². The molecule has 1 aromatic carbocycles. The van der Waals surface area contributed by atoms with Crippen LogP contribution in [-0.4, -0.2) is 44.7 Å². The molecule has 0 saturated carbocycles. The lowest BCUT2D eigenvalue weighted by molar-refractivity contribution is -0.0266. The molecule has 0 spiro atoms. The van der Waals surface area contributed by atoms with Crippen molar-refractivity contribution >= 4 is 41.3 Å². The summed E-state index contributed by atoms with van der Waals surface area (Å²) >= 11 is 1.81. The number of nitrogens with one attached hydrogen (secondary N) is 1. The summed E-state index contributed by atoms with van der Waals surface area (Å²) in [5.41, 5.74) is 1.28. The van der Waals surface area contributed by atoms with Crippen LogP contribution in [0.4, 0.5) is 0 Å². The number of thiophene rings is 1. The van der Waals surface area contributed by atoms with Crippen molar-refractivity contribution in [1.29, 1.82) is 0 Å². The maximum Gasteiger partial charge on any atom is 0.193 e. The summed E-state index contributed by atoms with van der Waals surface area (Å²) < 4.78 is 6.11. The molecule has 1 N–H and O–H groups in total. The number of hydrogen-bond acceptors (Lipinski definition) is 3. The van der Waals surface area contributed by atoms with Crippen molar-refractivity contribution in [3.05, 3.63) is 58.3 Å². The summed E-state index contributed by atoms with van der Waals surface area (Å²) in [5, 5.41) is 5.70. The van der Waals surface area contributed by atoms with Gasteiger partial charge in [0.25, 0.3) is 0 Å². The number of benzene rings is 1. The molecule has 3 rings (SSSR count). The van der Waals surface area contributed by atoms with Gasteiger partial charge in [0, 0.05) is 44.6 Å². The van der Waals surface area contributed by atoms with Crippen molar-refractivity contribution in [3.8, 4) is 0 Å². The summed E-state index contributed by atoms with van der Waals surface area (Å²) in [6, 6.07) is 14.9. The van der Waals surface area contributed by atoms with Gasteiger partial charge < -0.3 is 15.0 Å². The molecule has 0 amide bonds. The van der Waals surface area contributed by atoms with E-state index in [1.54, 1.807) is 0 Å². The van der Waals surface area contributed by atoms with Gasteiger partial charge in [-0.15, -0.1) is 35.3 Å². The summed E-state index contributed by atoms with van der Waals surface area (Å²) in [7, 11) is 3.96. The fourth-order valence-electron chi connectivity index (χ4n) is 3.51. The van der Waals surface area contributed by atoms with E-state index < -0.39 is 0 Å². The van der Waals surface area contributed by atoms with E-state index in [0.29, 0.717) is 5.92 Å². The second-order valence-corrected chi connectivity index (χ2v) is 7.82. The van der Waals surface area contributed by atoms with Crippen molar-refractivity contribution in [2.45, 2.75) is 25.4 Å². The third-order valence-corrected chi connectivity index (χ3v) is 5.88. The summed E-state index contributed by atoms with van der Waals surface area (Å²) in [4.78, 5) is 8.09. The summed E-state index contributed by atoms with van der Waals surface area (Å²) in [6.07, 6.45) is 3.53. The summed E-state index contributed by atoms with van der Waals surface area (Å²) in [5.74, 6) is 1.42. The molecule has 27 heavy (non-hydrogen) atoms. The maximum absolute atomic E-state index is 6.11. The quantitative estimate of drug-likeness (QED) is 0.359. The third-order valence-electron chi connectivity index (χ3n) is 4.94. The van der Waals surface area contributed by atoms with Crippen molar-refractivity contribution in [2.24, 2.45) is 10.9 Å². The van der Waals surface area contributed by atoms with Gasteiger partial charge in [0.2, 0.25) is 0 Å². The van der Waals surface area contributed by atoms with E-state index in [0.717, 1.165) is 38.5 Å². The molecular formula is C21H30IN3OS. The first-order chi connectivity index (χ1) is 12.8. The van der Waals surface area contributed by atoms with E-state index >= 15 is 0 Å². The molecule has 0 aliphatic carbocycles. The number of likely N-dealkylation sites (N-methyl/N-ethyl adjacent to an activating group) is 1. The minimum absolute atomic E-state index is 0. The van der Waals surface area contributed by atoms with E-state index in [9.17, 15) is 0 Å². The molecular weight excluding hydrogens is 469 g/mol. The molecule has 1 fully saturated rings. The third kappa shape index (κ3) is 6.47. The van der Waals surface area contributed by atoms with Crippen LogP contribution >= 0.6 is 35.3 Å². The number of halogens is 1. The molecule has 1 aromatic heterocycles.